The van der Waals surface area contributed by atoms with Crippen LogP contribution < -0.4 is 10.5 Å². The maximum atomic E-state index is 6.19. The zero-order chi connectivity index (χ0) is 14.5. The summed E-state index contributed by atoms with van der Waals surface area (Å²) in [6.07, 6.45) is 0. The third-order valence-electron chi connectivity index (χ3n) is 2.90. The third kappa shape index (κ3) is 3.95. The number of thioether (sulfide) groups is 1. The van der Waals surface area contributed by atoms with Crippen molar-refractivity contribution in [1.82, 2.24) is 9.97 Å². The molecule has 106 valence electrons. The summed E-state index contributed by atoms with van der Waals surface area (Å²) in [5.41, 5.74) is 9.25. The van der Waals surface area contributed by atoms with Gasteiger partial charge in [0.1, 0.15) is 5.75 Å². The zero-order valence-corrected chi connectivity index (χ0v) is 12.8. The second-order valence-electron chi connectivity index (χ2n) is 4.62. The van der Waals surface area contributed by atoms with Crippen molar-refractivity contribution in [3.05, 3.63) is 47.3 Å². The van der Waals surface area contributed by atoms with Crippen LogP contribution in [0, 0.1) is 13.8 Å². The first-order valence-corrected chi connectivity index (χ1v) is 7.41. The third-order valence-corrected chi connectivity index (χ3v) is 3.86. The number of rotatable bonds is 5. The number of methoxy groups -OCH3 is 1. The molecule has 0 aliphatic carbocycles. The summed E-state index contributed by atoms with van der Waals surface area (Å²) in [7, 11) is 1.65. The van der Waals surface area contributed by atoms with Gasteiger partial charge in [0.15, 0.2) is 5.16 Å². The van der Waals surface area contributed by atoms with Crippen molar-refractivity contribution >= 4 is 11.8 Å². The molecule has 0 amide bonds. The average Bonchev–Trinajstić information content (AvgIpc) is 2.44. The van der Waals surface area contributed by atoms with Crippen LogP contribution in [0.1, 0.15) is 23.0 Å². The molecule has 0 spiro atoms. The van der Waals surface area contributed by atoms with Crippen LogP contribution in [0.25, 0.3) is 0 Å². The van der Waals surface area contributed by atoms with E-state index in [-0.39, 0.29) is 6.04 Å². The number of aryl methyl sites for hydroxylation is 2. The standard InChI is InChI=1S/C15H19N3OS/c1-10-8-11(2)18-15(17-10)20-9-14(16)12-4-6-13(19-3)7-5-12/h4-8,14H,9,16H2,1-3H3. The summed E-state index contributed by atoms with van der Waals surface area (Å²) in [5.74, 6) is 1.58. The van der Waals surface area contributed by atoms with Gasteiger partial charge in [-0.2, -0.15) is 0 Å². The Morgan fingerprint density at radius 3 is 2.30 bits per heavy atom. The molecule has 1 aromatic carbocycles. The minimum Gasteiger partial charge on any atom is -0.497 e. The fraction of sp³-hybridized carbons (Fsp3) is 0.333. The quantitative estimate of drug-likeness (QED) is 0.677. The molecular formula is C15H19N3OS. The molecule has 0 saturated carbocycles. The Balaban J connectivity index is 1.98. The van der Waals surface area contributed by atoms with Crippen LogP contribution in [-0.2, 0) is 0 Å². The van der Waals surface area contributed by atoms with Gasteiger partial charge >= 0.3 is 0 Å². The Morgan fingerprint density at radius 1 is 1.15 bits per heavy atom. The minimum atomic E-state index is -0.0460. The average molecular weight is 289 g/mol. The molecule has 0 aliphatic rings. The molecule has 2 aromatic rings. The van der Waals surface area contributed by atoms with Gasteiger partial charge in [0, 0.05) is 23.2 Å². The number of nitrogens with two attached hydrogens (primary N) is 1. The van der Waals surface area contributed by atoms with Crippen molar-refractivity contribution in [2.24, 2.45) is 5.73 Å². The van der Waals surface area contributed by atoms with E-state index in [1.165, 1.54) is 0 Å². The Hall–Kier alpha value is -1.59. The van der Waals surface area contributed by atoms with Crippen LogP contribution >= 0.6 is 11.8 Å². The SMILES string of the molecule is COc1ccc(C(N)CSc2nc(C)cc(C)n2)cc1. The molecule has 0 bridgehead atoms. The molecule has 1 heterocycles. The number of nitrogens with zero attached hydrogens (tertiary/aromatic N) is 2. The van der Waals surface area contributed by atoms with Crippen molar-refractivity contribution < 1.29 is 4.74 Å². The van der Waals surface area contributed by atoms with Gasteiger partial charge in [-0.25, -0.2) is 9.97 Å². The smallest absolute Gasteiger partial charge is 0.188 e. The van der Waals surface area contributed by atoms with E-state index in [1.54, 1.807) is 18.9 Å². The first kappa shape index (κ1) is 14.8. The summed E-state index contributed by atoms with van der Waals surface area (Å²) >= 11 is 1.58. The van der Waals surface area contributed by atoms with Gasteiger partial charge in [0.05, 0.1) is 7.11 Å². The topological polar surface area (TPSA) is 61.0 Å². The second kappa shape index (κ2) is 6.72. The summed E-state index contributed by atoms with van der Waals surface area (Å²) in [5, 5.41) is 0.784. The Labute approximate surface area is 123 Å². The summed E-state index contributed by atoms with van der Waals surface area (Å²) < 4.78 is 5.14. The van der Waals surface area contributed by atoms with Crippen LogP contribution in [0.3, 0.4) is 0 Å². The molecule has 1 aromatic heterocycles. The fourth-order valence-electron chi connectivity index (χ4n) is 1.87. The molecule has 4 nitrogen and oxygen atoms in total. The summed E-state index contributed by atoms with van der Waals surface area (Å²) in [6.45, 7) is 3.95. The highest BCUT2D eigenvalue weighted by Crippen LogP contribution is 2.22. The highest BCUT2D eigenvalue weighted by atomic mass is 32.2. The molecule has 0 fully saturated rings. The van der Waals surface area contributed by atoms with Gasteiger partial charge in [-0.15, -0.1) is 0 Å². The van der Waals surface area contributed by atoms with Crippen LogP contribution in [0.5, 0.6) is 5.75 Å². The summed E-state index contributed by atoms with van der Waals surface area (Å²) in [6, 6.07) is 9.75. The van der Waals surface area contributed by atoms with Crippen LogP contribution in [0.4, 0.5) is 0 Å². The van der Waals surface area contributed by atoms with E-state index < -0.39 is 0 Å². The Morgan fingerprint density at radius 2 is 1.75 bits per heavy atom. The molecule has 2 rings (SSSR count). The van der Waals surface area contributed by atoms with Crippen LogP contribution in [0.2, 0.25) is 0 Å². The molecule has 1 unspecified atom stereocenters. The number of hydrogen-bond acceptors (Lipinski definition) is 5. The lowest BCUT2D eigenvalue weighted by molar-refractivity contribution is 0.414. The monoisotopic (exact) mass is 289 g/mol. The van der Waals surface area contributed by atoms with Gasteiger partial charge in [0.2, 0.25) is 0 Å². The van der Waals surface area contributed by atoms with E-state index in [4.69, 9.17) is 10.5 Å². The fourth-order valence-corrected chi connectivity index (χ4v) is 2.81. The van der Waals surface area contributed by atoms with Crippen molar-refractivity contribution in [2.45, 2.75) is 25.0 Å². The second-order valence-corrected chi connectivity index (χ2v) is 5.61. The van der Waals surface area contributed by atoms with Crippen LogP contribution in [-0.4, -0.2) is 22.8 Å². The minimum absolute atomic E-state index is 0.0460. The molecule has 0 aliphatic heterocycles. The highest BCUT2D eigenvalue weighted by Gasteiger charge is 2.09. The largest absolute Gasteiger partial charge is 0.497 e. The Bertz CT molecular complexity index is 552. The van der Waals surface area contributed by atoms with Crippen molar-refractivity contribution in [3.8, 4) is 5.75 Å². The van der Waals surface area contributed by atoms with E-state index in [0.29, 0.717) is 0 Å². The van der Waals surface area contributed by atoms with Gasteiger partial charge in [-0.05, 0) is 37.6 Å². The lowest BCUT2D eigenvalue weighted by Gasteiger charge is -2.12. The van der Waals surface area contributed by atoms with E-state index in [2.05, 4.69) is 9.97 Å². The predicted octanol–water partition coefficient (Wildman–Crippen LogP) is 2.89. The first-order valence-electron chi connectivity index (χ1n) is 6.43. The lowest BCUT2D eigenvalue weighted by atomic mass is 10.1. The number of benzene rings is 1. The summed E-state index contributed by atoms with van der Waals surface area (Å²) in [4.78, 5) is 8.81. The maximum Gasteiger partial charge on any atom is 0.188 e. The molecule has 0 saturated heterocycles. The molecule has 1 atom stereocenters. The molecule has 0 radical (unpaired) electrons. The van der Waals surface area contributed by atoms with E-state index in [1.807, 2.05) is 44.2 Å². The highest BCUT2D eigenvalue weighted by molar-refractivity contribution is 7.99. The molecular weight excluding hydrogens is 270 g/mol. The van der Waals surface area contributed by atoms with Gasteiger partial charge in [0.25, 0.3) is 0 Å². The normalized spacial score (nSPS) is 12.2. The van der Waals surface area contributed by atoms with Crippen molar-refractivity contribution in [3.63, 3.8) is 0 Å². The maximum absolute atomic E-state index is 6.19. The first-order chi connectivity index (χ1) is 9.58. The molecule has 20 heavy (non-hydrogen) atoms. The lowest BCUT2D eigenvalue weighted by Crippen LogP contribution is -2.13. The number of hydrogen-bond donors (Lipinski definition) is 1. The van der Waals surface area contributed by atoms with E-state index in [0.717, 1.165) is 33.6 Å². The van der Waals surface area contributed by atoms with Crippen molar-refractivity contribution in [1.29, 1.82) is 0 Å². The van der Waals surface area contributed by atoms with E-state index >= 15 is 0 Å². The number of ether oxygens (including phenoxy) is 1. The molecule has 5 heteroatoms. The van der Waals surface area contributed by atoms with Gasteiger partial charge < -0.3 is 10.5 Å². The Kier molecular flexibility index (Phi) is 4.98. The number of aromatic nitrogens is 2. The van der Waals surface area contributed by atoms with Crippen LogP contribution in [0.15, 0.2) is 35.5 Å². The van der Waals surface area contributed by atoms with Gasteiger partial charge in [-0.1, -0.05) is 23.9 Å². The predicted molar refractivity (Wildman–Crippen MR) is 82.2 cm³/mol. The van der Waals surface area contributed by atoms with Crippen molar-refractivity contribution in [2.75, 3.05) is 12.9 Å². The van der Waals surface area contributed by atoms with Gasteiger partial charge in [-0.3, -0.25) is 0 Å². The zero-order valence-electron chi connectivity index (χ0n) is 12.0. The van der Waals surface area contributed by atoms with E-state index in [9.17, 15) is 0 Å². The molecule has 2 N–H and O–H groups in total.